The summed E-state index contributed by atoms with van der Waals surface area (Å²) >= 11 is 1.85. The van der Waals surface area contributed by atoms with Gasteiger partial charge in [-0.25, -0.2) is 0 Å². The van der Waals surface area contributed by atoms with Gasteiger partial charge in [0, 0.05) is 57.3 Å². The van der Waals surface area contributed by atoms with Crippen LogP contribution < -0.4 is 10.6 Å². The molecule has 0 aromatic heterocycles. The van der Waals surface area contributed by atoms with Crippen molar-refractivity contribution in [2.45, 2.75) is 6.04 Å². The molecule has 0 aromatic carbocycles. The molecule has 2 rings (SSSR count). The van der Waals surface area contributed by atoms with Gasteiger partial charge in [-0.2, -0.15) is 11.8 Å². The van der Waals surface area contributed by atoms with Crippen molar-refractivity contribution in [2.24, 2.45) is 0 Å². The van der Waals surface area contributed by atoms with Crippen LogP contribution >= 0.6 is 11.8 Å². The van der Waals surface area contributed by atoms with E-state index in [1.165, 1.54) is 0 Å². The smallest absolute Gasteiger partial charge is 0.238 e. The van der Waals surface area contributed by atoms with Gasteiger partial charge in [-0.15, -0.1) is 0 Å². The molecule has 0 radical (unpaired) electrons. The first-order chi connectivity index (χ1) is 8.75. The maximum Gasteiger partial charge on any atom is 0.238 e. The van der Waals surface area contributed by atoms with E-state index in [0.29, 0.717) is 0 Å². The predicted octanol–water partition coefficient (Wildman–Crippen LogP) is -0.945. The Labute approximate surface area is 114 Å². The molecule has 1 unspecified atom stereocenters. The summed E-state index contributed by atoms with van der Waals surface area (Å²) in [4.78, 5) is 16.6. The Morgan fingerprint density at radius 2 is 2.17 bits per heavy atom. The zero-order chi connectivity index (χ0) is 12.8. The summed E-state index contributed by atoms with van der Waals surface area (Å²) in [5.41, 5.74) is 0. The molecule has 2 heterocycles. The van der Waals surface area contributed by atoms with Gasteiger partial charge in [-0.3, -0.25) is 9.69 Å². The van der Waals surface area contributed by atoms with Gasteiger partial charge >= 0.3 is 0 Å². The standard InChI is InChI=1S/C12H24N4OS/c1-15-5-7-16(8-6-15)4-2-14-12(17)11-10-18-9-3-13-11/h11,13H,2-10H2,1H3,(H,14,17). The third-order valence-corrected chi connectivity index (χ3v) is 4.62. The number of hydrogen-bond donors (Lipinski definition) is 2. The predicted molar refractivity (Wildman–Crippen MR) is 76.1 cm³/mol. The Morgan fingerprint density at radius 3 is 2.83 bits per heavy atom. The second kappa shape index (κ2) is 7.33. The van der Waals surface area contributed by atoms with Gasteiger partial charge in [0.1, 0.15) is 0 Å². The summed E-state index contributed by atoms with van der Waals surface area (Å²) in [6.07, 6.45) is 0. The van der Waals surface area contributed by atoms with Crippen molar-refractivity contribution in [3.05, 3.63) is 0 Å². The molecule has 2 fully saturated rings. The van der Waals surface area contributed by atoms with Crippen LogP contribution in [0.1, 0.15) is 0 Å². The molecule has 0 aromatic rings. The van der Waals surface area contributed by atoms with Crippen LogP contribution in [0.3, 0.4) is 0 Å². The Bertz CT molecular complexity index is 263. The molecular formula is C12H24N4OS. The number of carbonyl (C=O) groups is 1. The lowest BCUT2D eigenvalue weighted by Gasteiger charge is -2.32. The molecule has 6 heteroatoms. The minimum Gasteiger partial charge on any atom is -0.353 e. The molecule has 18 heavy (non-hydrogen) atoms. The topological polar surface area (TPSA) is 47.6 Å². The minimum absolute atomic E-state index is 0.0104. The van der Waals surface area contributed by atoms with E-state index in [4.69, 9.17) is 0 Å². The summed E-state index contributed by atoms with van der Waals surface area (Å²) in [5.74, 6) is 2.18. The van der Waals surface area contributed by atoms with Crippen LogP contribution in [0.5, 0.6) is 0 Å². The fraction of sp³-hybridized carbons (Fsp3) is 0.917. The molecule has 0 aliphatic carbocycles. The Hall–Kier alpha value is -0.300. The Balaban J connectivity index is 1.58. The first-order valence-electron chi connectivity index (χ1n) is 6.75. The van der Waals surface area contributed by atoms with Crippen LogP contribution in [0.2, 0.25) is 0 Å². The molecule has 0 saturated carbocycles. The molecule has 0 spiro atoms. The summed E-state index contributed by atoms with van der Waals surface area (Å²) in [7, 11) is 2.16. The first-order valence-corrected chi connectivity index (χ1v) is 7.91. The molecule has 2 aliphatic rings. The van der Waals surface area contributed by atoms with E-state index in [1.807, 2.05) is 11.8 Å². The number of likely N-dealkylation sites (N-methyl/N-ethyl adjacent to an activating group) is 1. The van der Waals surface area contributed by atoms with E-state index in [9.17, 15) is 4.79 Å². The van der Waals surface area contributed by atoms with Crippen LogP contribution in [-0.2, 0) is 4.79 Å². The molecule has 2 aliphatic heterocycles. The van der Waals surface area contributed by atoms with Gasteiger partial charge in [-0.1, -0.05) is 0 Å². The van der Waals surface area contributed by atoms with E-state index in [2.05, 4.69) is 27.5 Å². The van der Waals surface area contributed by atoms with E-state index in [1.54, 1.807) is 0 Å². The quantitative estimate of drug-likeness (QED) is 0.691. The van der Waals surface area contributed by atoms with Crippen molar-refractivity contribution < 1.29 is 4.79 Å². The van der Waals surface area contributed by atoms with Gasteiger partial charge < -0.3 is 15.5 Å². The summed E-state index contributed by atoms with van der Waals surface area (Å²) in [5, 5.41) is 6.30. The normalized spacial score (nSPS) is 27.1. The van der Waals surface area contributed by atoms with E-state index < -0.39 is 0 Å². The van der Waals surface area contributed by atoms with Crippen molar-refractivity contribution >= 4 is 17.7 Å². The summed E-state index contributed by atoms with van der Waals surface area (Å²) in [6, 6.07) is 0.0104. The lowest BCUT2D eigenvalue weighted by molar-refractivity contribution is -0.122. The second-order valence-electron chi connectivity index (χ2n) is 5.02. The highest BCUT2D eigenvalue weighted by Gasteiger charge is 2.20. The van der Waals surface area contributed by atoms with Crippen molar-refractivity contribution in [1.82, 2.24) is 20.4 Å². The number of thioether (sulfide) groups is 1. The number of nitrogens with one attached hydrogen (secondary N) is 2. The largest absolute Gasteiger partial charge is 0.353 e. The van der Waals surface area contributed by atoms with Gasteiger partial charge in [0.2, 0.25) is 5.91 Å². The van der Waals surface area contributed by atoms with Gasteiger partial charge in [0.05, 0.1) is 6.04 Å². The van der Waals surface area contributed by atoms with Gasteiger partial charge in [0.25, 0.3) is 0 Å². The first kappa shape index (κ1) is 14.1. The maximum atomic E-state index is 11.9. The fourth-order valence-corrected chi connectivity index (χ4v) is 3.20. The molecule has 104 valence electrons. The number of carbonyl (C=O) groups excluding carboxylic acids is 1. The Kier molecular flexibility index (Phi) is 5.75. The van der Waals surface area contributed by atoms with E-state index >= 15 is 0 Å². The molecular weight excluding hydrogens is 248 g/mol. The zero-order valence-corrected chi connectivity index (χ0v) is 12.0. The average Bonchev–Trinajstić information content (AvgIpc) is 2.42. The third kappa shape index (κ3) is 4.42. The van der Waals surface area contributed by atoms with Crippen LogP contribution in [0, 0.1) is 0 Å². The minimum atomic E-state index is 0.0104. The fourth-order valence-electron chi connectivity index (χ4n) is 2.27. The van der Waals surface area contributed by atoms with Crippen LogP contribution in [0.25, 0.3) is 0 Å². The van der Waals surface area contributed by atoms with Crippen LogP contribution in [0.4, 0.5) is 0 Å². The third-order valence-electron chi connectivity index (χ3n) is 3.56. The Morgan fingerprint density at radius 1 is 1.39 bits per heavy atom. The van der Waals surface area contributed by atoms with Crippen LogP contribution in [-0.4, -0.2) is 86.1 Å². The second-order valence-corrected chi connectivity index (χ2v) is 6.17. The van der Waals surface area contributed by atoms with E-state index in [-0.39, 0.29) is 11.9 Å². The van der Waals surface area contributed by atoms with Crippen LogP contribution in [0.15, 0.2) is 0 Å². The molecule has 0 bridgehead atoms. The average molecular weight is 272 g/mol. The molecule has 2 N–H and O–H groups in total. The summed E-state index contributed by atoms with van der Waals surface area (Å²) in [6.45, 7) is 7.18. The SMILES string of the molecule is CN1CCN(CCNC(=O)C2CSCCN2)CC1. The molecule has 1 amide bonds. The molecule has 5 nitrogen and oxygen atoms in total. The highest BCUT2D eigenvalue weighted by atomic mass is 32.2. The molecule has 2 saturated heterocycles. The van der Waals surface area contributed by atoms with Crippen molar-refractivity contribution in [3.63, 3.8) is 0 Å². The molecule has 1 atom stereocenters. The lowest BCUT2D eigenvalue weighted by Crippen LogP contribution is -2.51. The highest BCUT2D eigenvalue weighted by Crippen LogP contribution is 2.07. The zero-order valence-electron chi connectivity index (χ0n) is 11.2. The van der Waals surface area contributed by atoms with Crippen molar-refractivity contribution in [3.8, 4) is 0 Å². The highest BCUT2D eigenvalue weighted by molar-refractivity contribution is 7.99. The number of rotatable bonds is 4. The van der Waals surface area contributed by atoms with Crippen molar-refractivity contribution in [2.75, 3.05) is 64.4 Å². The summed E-state index contributed by atoms with van der Waals surface area (Å²) < 4.78 is 0. The number of hydrogen-bond acceptors (Lipinski definition) is 5. The van der Waals surface area contributed by atoms with Gasteiger partial charge in [0.15, 0.2) is 0 Å². The van der Waals surface area contributed by atoms with Crippen molar-refractivity contribution in [1.29, 1.82) is 0 Å². The number of piperazine rings is 1. The monoisotopic (exact) mass is 272 g/mol. The number of nitrogens with zero attached hydrogens (tertiary/aromatic N) is 2. The number of amides is 1. The lowest BCUT2D eigenvalue weighted by atomic mass is 10.3. The maximum absolute atomic E-state index is 11.9. The van der Waals surface area contributed by atoms with Gasteiger partial charge in [-0.05, 0) is 7.05 Å². The van der Waals surface area contributed by atoms with E-state index in [0.717, 1.165) is 57.3 Å².